The third-order valence-electron chi connectivity index (χ3n) is 6.28. The summed E-state index contributed by atoms with van der Waals surface area (Å²) in [6, 6.07) is 34.9. The van der Waals surface area contributed by atoms with E-state index >= 15 is 0 Å². The Morgan fingerprint density at radius 1 is 0.789 bits per heavy atom. The van der Waals surface area contributed by atoms with Crippen molar-refractivity contribution in [3.63, 3.8) is 0 Å². The van der Waals surface area contributed by atoms with Crippen molar-refractivity contribution in [2.45, 2.75) is 26.9 Å². The van der Waals surface area contributed by atoms with E-state index in [0.29, 0.717) is 12.4 Å². The van der Waals surface area contributed by atoms with Gasteiger partial charge in [0.1, 0.15) is 24.7 Å². The second kappa shape index (κ2) is 13.2. The zero-order valence-corrected chi connectivity index (χ0v) is 21.8. The Kier molecular flexibility index (Phi) is 9.19. The van der Waals surface area contributed by atoms with E-state index < -0.39 is 6.09 Å². The number of nitrogens with one attached hydrogen (secondary N) is 1. The molecule has 0 spiro atoms. The van der Waals surface area contributed by atoms with Crippen molar-refractivity contribution < 1.29 is 19.4 Å². The number of ether oxygens (including phenoxy) is 2. The molecule has 0 aromatic heterocycles. The van der Waals surface area contributed by atoms with Crippen LogP contribution in [0.5, 0.6) is 11.5 Å². The maximum absolute atomic E-state index is 10.6. The fraction of sp³-hybridized carbons (Fsp3) is 0.182. The predicted octanol–water partition coefficient (Wildman–Crippen LogP) is 7.59. The van der Waals surface area contributed by atoms with Crippen molar-refractivity contribution >= 4 is 17.2 Å². The Bertz CT molecular complexity index is 1360. The number of amides is 1. The highest BCUT2D eigenvalue weighted by atomic mass is 16.5. The minimum absolute atomic E-state index is 0.230. The first-order valence-corrected chi connectivity index (χ1v) is 12.8. The molecule has 0 atom stereocenters. The molecule has 194 valence electrons. The van der Waals surface area contributed by atoms with Gasteiger partial charge >= 0.3 is 6.09 Å². The molecular weight excluding hydrogens is 474 g/mol. The van der Waals surface area contributed by atoms with E-state index in [0.717, 1.165) is 34.4 Å². The zero-order valence-electron chi connectivity index (χ0n) is 21.8. The summed E-state index contributed by atoms with van der Waals surface area (Å²) in [5.74, 6) is 1.53. The SMILES string of the molecule is CC/C(=C(/c1ccc(OCCNC(=O)O)cc1)c1ccc(OCc2ccccc2)cc1C)c1ccccc1. The lowest BCUT2D eigenvalue weighted by molar-refractivity contribution is 0.191. The molecule has 4 aromatic rings. The predicted molar refractivity (Wildman–Crippen MR) is 153 cm³/mol. The van der Waals surface area contributed by atoms with Crippen molar-refractivity contribution in [2.75, 3.05) is 13.2 Å². The van der Waals surface area contributed by atoms with E-state index in [9.17, 15) is 4.79 Å². The summed E-state index contributed by atoms with van der Waals surface area (Å²) in [5, 5.41) is 11.0. The van der Waals surface area contributed by atoms with Crippen LogP contribution >= 0.6 is 0 Å². The van der Waals surface area contributed by atoms with Gasteiger partial charge in [-0.15, -0.1) is 0 Å². The van der Waals surface area contributed by atoms with Crippen LogP contribution in [0.3, 0.4) is 0 Å². The fourth-order valence-electron chi connectivity index (χ4n) is 4.45. The van der Waals surface area contributed by atoms with Gasteiger partial charge in [-0.25, -0.2) is 4.79 Å². The summed E-state index contributed by atoms with van der Waals surface area (Å²) in [6.45, 7) is 5.32. The molecule has 1 amide bonds. The summed E-state index contributed by atoms with van der Waals surface area (Å²) in [7, 11) is 0. The van der Waals surface area contributed by atoms with E-state index in [2.05, 4.69) is 79.8 Å². The second-order valence-electron chi connectivity index (χ2n) is 8.93. The van der Waals surface area contributed by atoms with Crippen LogP contribution in [-0.2, 0) is 6.61 Å². The number of benzene rings is 4. The van der Waals surface area contributed by atoms with Gasteiger partial charge in [0.2, 0.25) is 0 Å². The molecule has 2 N–H and O–H groups in total. The van der Waals surface area contributed by atoms with Crippen molar-refractivity contribution in [3.8, 4) is 11.5 Å². The third-order valence-corrected chi connectivity index (χ3v) is 6.28. The van der Waals surface area contributed by atoms with E-state index in [1.807, 2.05) is 42.5 Å². The van der Waals surface area contributed by atoms with E-state index in [4.69, 9.17) is 14.6 Å². The van der Waals surface area contributed by atoms with Crippen molar-refractivity contribution in [1.82, 2.24) is 5.32 Å². The Balaban J connectivity index is 1.65. The van der Waals surface area contributed by atoms with Crippen LogP contribution in [0.4, 0.5) is 4.79 Å². The van der Waals surface area contributed by atoms with Crippen LogP contribution in [0.2, 0.25) is 0 Å². The zero-order chi connectivity index (χ0) is 26.7. The van der Waals surface area contributed by atoms with Gasteiger partial charge in [0.25, 0.3) is 0 Å². The molecule has 0 aliphatic rings. The maximum atomic E-state index is 10.6. The normalized spacial score (nSPS) is 11.4. The molecule has 0 radical (unpaired) electrons. The average Bonchev–Trinajstić information content (AvgIpc) is 2.95. The van der Waals surface area contributed by atoms with Gasteiger partial charge < -0.3 is 19.9 Å². The van der Waals surface area contributed by atoms with E-state index in [1.54, 1.807) is 0 Å². The average molecular weight is 508 g/mol. The molecule has 0 unspecified atom stereocenters. The molecule has 4 rings (SSSR count). The first-order chi connectivity index (χ1) is 18.5. The molecule has 0 saturated carbocycles. The summed E-state index contributed by atoms with van der Waals surface area (Å²) < 4.78 is 11.8. The Morgan fingerprint density at radius 2 is 1.45 bits per heavy atom. The highest BCUT2D eigenvalue weighted by Crippen LogP contribution is 2.37. The molecule has 5 nitrogen and oxygen atoms in total. The first kappa shape index (κ1) is 26.6. The van der Waals surface area contributed by atoms with Crippen molar-refractivity contribution in [1.29, 1.82) is 0 Å². The van der Waals surface area contributed by atoms with Crippen LogP contribution in [-0.4, -0.2) is 24.4 Å². The van der Waals surface area contributed by atoms with Gasteiger partial charge in [-0.1, -0.05) is 85.8 Å². The van der Waals surface area contributed by atoms with E-state index in [1.165, 1.54) is 16.7 Å². The Hall–Kier alpha value is -4.51. The molecule has 5 heteroatoms. The van der Waals surface area contributed by atoms with Crippen LogP contribution < -0.4 is 14.8 Å². The number of allylic oxidation sites excluding steroid dienone is 1. The second-order valence-corrected chi connectivity index (χ2v) is 8.93. The molecular formula is C33H33NO4. The molecule has 0 bridgehead atoms. The number of carbonyl (C=O) groups is 1. The summed E-state index contributed by atoms with van der Waals surface area (Å²) in [4.78, 5) is 10.6. The maximum Gasteiger partial charge on any atom is 0.404 e. The van der Waals surface area contributed by atoms with Crippen LogP contribution in [0.1, 0.15) is 41.2 Å². The van der Waals surface area contributed by atoms with Gasteiger partial charge in [0.05, 0.1) is 6.54 Å². The molecule has 0 aliphatic heterocycles. The van der Waals surface area contributed by atoms with E-state index in [-0.39, 0.29) is 13.2 Å². The largest absolute Gasteiger partial charge is 0.492 e. The van der Waals surface area contributed by atoms with Gasteiger partial charge in [0, 0.05) is 0 Å². The first-order valence-electron chi connectivity index (χ1n) is 12.8. The lowest BCUT2D eigenvalue weighted by Gasteiger charge is -2.19. The number of carboxylic acid groups (broad SMARTS) is 1. The number of rotatable bonds is 11. The van der Waals surface area contributed by atoms with Crippen molar-refractivity contribution in [3.05, 3.63) is 131 Å². The number of hydrogen-bond acceptors (Lipinski definition) is 3. The summed E-state index contributed by atoms with van der Waals surface area (Å²) in [5.41, 5.74) is 8.12. The van der Waals surface area contributed by atoms with Crippen molar-refractivity contribution in [2.24, 2.45) is 0 Å². The number of aryl methyl sites for hydroxylation is 1. The van der Waals surface area contributed by atoms with Crippen LogP contribution in [0.25, 0.3) is 11.1 Å². The Labute approximate surface area is 224 Å². The lowest BCUT2D eigenvalue weighted by Crippen LogP contribution is -2.26. The number of hydrogen-bond donors (Lipinski definition) is 2. The standard InChI is InChI=1S/C33H33NO4/c1-3-30(26-12-8-5-9-13-26)32(27-14-16-28(17-15-27)37-21-20-34-33(35)36)31-19-18-29(22-24(31)2)38-23-25-10-6-4-7-11-25/h4-19,22,34H,3,20-21,23H2,1-2H3,(H,35,36)/b32-30+. The molecule has 4 aromatic carbocycles. The minimum atomic E-state index is -1.06. The lowest BCUT2D eigenvalue weighted by atomic mass is 9.86. The molecule has 0 aliphatic carbocycles. The summed E-state index contributed by atoms with van der Waals surface area (Å²) in [6.07, 6.45) is -0.192. The van der Waals surface area contributed by atoms with Gasteiger partial charge in [0.15, 0.2) is 0 Å². The monoisotopic (exact) mass is 507 g/mol. The molecule has 0 saturated heterocycles. The van der Waals surface area contributed by atoms with Gasteiger partial charge in [-0.3, -0.25) is 0 Å². The third kappa shape index (κ3) is 7.04. The highest BCUT2D eigenvalue weighted by Gasteiger charge is 2.16. The quantitative estimate of drug-likeness (QED) is 0.162. The summed E-state index contributed by atoms with van der Waals surface area (Å²) >= 11 is 0. The van der Waals surface area contributed by atoms with Crippen LogP contribution in [0.15, 0.2) is 103 Å². The van der Waals surface area contributed by atoms with Crippen LogP contribution in [0, 0.1) is 6.92 Å². The highest BCUT2D eigenvalue weighted by molar-refractivity contribution is 5.99. The molecule has 0 fully saturated rings. The smallest absolute Gasteiger partial charge is 0.404 e. The molecule has 0 heterocycles. The Morgan fingerprint density at radius 3 is 2.08 bits per heavy atom. The van der Waals surface area contributed by atoms with Gasteiger partial charge in [-0.2, -0.15) is 0 Å². The topological polar surface area (TPSA) is 67.8 Å². The minimum Gasteiger partial charge on any atom is -0.492 e. The molecule has 38 heavy (non-hydrogen) atoms. The fourth-order valence-corrected chi connectivity index (χ4v) is 4.45. The van der Waals surface area contributed by atoms with Gasteiger partial charge in [-0.05, 0) is 76.6 Å².